The zero-order valence-electron chi connectivity index (χ0n) is 21.0. The predicted molar refractivity (Wildman–Crippen MR) is 140 cm³/mol. The summed E-state index contributed by atoms with van der Waals surface area (Å²) >= 11 is 1.86. The molecule has 33 heavy (non-hydrogen) atoms. The van der Waals surface area contributed by atoms with Crippen molar-refractivity contribution in [2.75, 3.05) is 13.1 Å². The molecular formula is C29H43NO2S. The van der Waals surface area contributed by atoms with Crippen molar-refractivity contribution in [1.29, 1.82) is 0 Å². The first-order chi connectivity index (χ1) is 16.1. The summed E-state index contributed by atoms with van der Waals surface area (Å²) in [4.78, 5) is 16.6. The standard InChI is InChI=1S/C29H43NO2S/c1-4-19-30(20-18-26-13-10-21-33-26)25-16-17-27-24(22-25)12-9-14-28(27)32-29(31)15-8-6-5-7-11-23(2)3/h9-10,12-14,21,23,25H,4-8,11,15-20,22H2,1-3H3. The van der Waals surface area contributed by atoms with Crippen LogP contribution in [0.25, 0.3) is 0 Å². The lowest BCUT2D eigenvalue weighted by molar-refractivity contribution is -0.134. The molecule has 0 amide bonds. The minimum absolute atomic E-state index is 0.0714. The molecule has 3 nitrogen and oxygen atoms in total. The Balaban J connectivity index is 1.50. The molecule has 1 unspecified atom stereocenters. The van der Waals surface area contributed by atoms with Gasteiger partial charge in [0.1, 0.15) is 5.75 Å². The molecule has 0 aliphatic heterocycles. The highest BCUT2D eigenvalue weighted by Gasteiger charge is 2.26. The van der Waals surface area contributed by atoms with Gasteiger partial charge in [-0.05, 0) is 79.6 Å². The first kappa shape index (κ1) is 26.0. The average molecular weight is 470 g/mol. The molecule has 1 aliphatic rings. The van der Waals surface area contributed by atoms with Crippen molar-refractivity contribution in [1.82, 2.24) is 4.90 Å². The van der Waals surface area contributed by atoms with E-state index in [2.05, 4.69) is 55.3 Å². The number of benzene rings is 1. The monoisotopic (exact) mass is 469 g/mol. The van der Waals surface area contributed by atoms with E-state index in [1.807, 2.05) is 17.4 Å². The maximum absolute atomic E-state index is 12.5. The van der Waals surface area contributed by atoms with Crippen LogP contribution in [0.1, 0.15) is 88.1 Å². The molecule has 1 aromatic carbocycles. The van der Waals surface area contributed by atoms with Crippen molar-refractivity contribution in [3.05, 3.63) is 51.7 Å². The van der Waals surface area contributed by atoms with E-state index in [9.17, 15) is 4.79 Å². The zero-order valence-corrected chi connectivity index (χ0v) is 21.8. The van der Waals surface area contributed by atoms with Crippen molar-refractivity contribution >= 4 is 17.3 Å². The number of carbonyl (C=O) groups excluding carboxylic acids is 1. The molecular weight excluding hydrogens is 426 g/mol. The third kappa shape index (κ3) is 8.57. The molecule has 0 N–H and O–H groups in total. The number of ether oxygens (including phenoxy) is 1. The van der Waals surface area contributed by atoms with Crippen LogP contribution in [-0.4, -0.2) is 30.0 Å². The number of hydrogen-bond donors (Lipinski definition) is 0. The van der Waals surface area contributed by atoms with Gasteiger partial charge < -0.3 is 4.74 Å². The quantitative estimate of drug-likeness (QED) is 0.163. The topological polar surface area (TPSA) is 29.5 Å². The zero-order chi connectivity index (χ0) is 23.5. The van der Waals surface area contributed by atoms with Crippen LogP contribution in [-0.2, 0) is 24.1 Å². The molecule has 182 valence electrons. The molecule has 1 aromatic heterocycles. The van der Waals surface area contributed by atoms with Crippen molar-refractivity contribution in [2.24, 2.45) is 5.92 Å². The van der Waals surface area contributed by atoms with Crippen molar-refractivity contribution in [3.8, 4) is 5.75 Å². The number of fused-ring (bicyclic) bond motifs is 1. The normalized spacial score (nSPS) is 15.7. The largest absolute Gasteiger partial charge is 0.426 e. The maximum atomic E-state index is 12.5. The predicted octanol–water partition coefficient (Wildman–Crippen LogP) is 7.46. The number of unbranched alkanes of at least 4 members (excludes halogenated alkanes) is 3. The molecule has 3 rings (SSSR count). The van der Waals surface area contributed by atoms with Crippen LogP contribution in [0, 0.1) is 5.92 Å². The molecule has 1 atom stereocenters. The van der Waals surface area contributed by atoms with E-state index in [1.54, 1.807) is 0 Å². The summed E-state index contributed by atoms with van der Waals surface area (Å²) in [6.07, 6.45) is 11.9. The third-order valence-electron chi connectivity index (χ3n) is 6.80. The lowest BCUT2D eigenvalue weighted by Crippen LogP contribution is -2.41. The Bertz CT molecular complexity index is 830. The molecule has 1 aliphatic carbocycles. The number of esters is 1. The molecule has 4 heteroatoms. The second kappa shape index (κ2) is 13.9. The smallest absolute Gasteiger partial charge is 0.311 e. The number of carbonyl (C=O) groups is 1. The fraction of sp³-hybridized carbons (Fsp3) is 0.621. The van der Waals surface area contributed by atoms with Crippen molar-refractivity contribution in [3.63, 3.8) is 0 Å². The average Bonchev–Trinajstić information content (AvgIpc) is 3.32. The second-order valence-corrected chi connectivity index (χ2v) is 11.0. The van der Waals surface area contributed by atoms with Gasteiger partial charge in [-0.1, -0.05) is 64.7 Å². The second-order valence-electron chi connectivity index (χ2n) is 9.98. The van der Waals surface area contributed by atoms with Gasteiger partial charge in [-0.3, -0.25) is 9.69 Å². The van der Waals surface area contributed by atoms with E-state index in [0.29, 0.717) is 12.5 Å². The first-order valence-electron chi connectivity index (χ1n) is 13.1. The van der Waals surface area contributed by atoms with E-state index in [-0.39, 0.29) is 5.97 Å². The van der Waals surface area contributed by atoms with Gasteiger partial charge in [-0.25, -0.2) is 0 Å². The highest BCUT2D eigenvalue weighted by atomic mass is 32.1. The summed E-state index contributed by atoms with van der Waals surface area (Å²) in [6, 6.07) is 11.3. The Labute approximate surface area is 205 Å². The number of hydrogen-bond acceptors (Lipinski definition) is 4. The maximum Gasteiger partial charge on any atom is 0.311 e. The summed E-state index contributed by atoms with van der Waals surface area (Å²) in [5.74, 6) is 1.50. The molecule has 2 aromatic rings. The van der Waals surface area contributed by atoms with Crippen LogP contribution in [0.2, 0.25) is 0 Å². The Morgan fingerprint density at radius 1 is 1.12 bits per heavy atom. The van der Waals surface area contributed by atoms with E-state index >= 15 is 0 Å². The van der Waals surface area contributed by atoms with E-state index in [1.165, 1.54) is 41.7 Å². The SMILES string of the molecule is CCCN(CCc1cccs1)C1CCc2c(cccc2OC(=O)CCCCCCC(C)C)C1. The highest BCUT2D eigenvalue weighted by molar-refractivity contribution is 7.09. The van der Waals surface area contributed by atoms with Gasteiger partial charge in [0, 0.05) is 23.9 Å². The Morgan fingerprint density at radius 2 is 1.97 bits per heavy atom. The fourth-order valence-electron chi connectivity index (χ4n) is 4.98. The van der Waals surface area contributed by atoms with E-state index in [4.69, 9.17) is 4.74 Å². The van der Waals surface area contributed by atoms with Crippen LogP contribution in [0.15, 0.2) is 35.7 Å². The summed E-state index contributed by atoms with van der Waals surface area (Å²) in [7, 11) is 0. The van der Waals surface area contributed by atoms with Gasteiger partial charge in [-0.15, -0.1) is 11.3 Å². The Kier molecular flexibility index (Phi) is 10.9. The summed E-state index contributed by atoms with van der Waals surface area (Å²) in [5.41, 5.74) is 2.62. The molecule has 0 saturated carbocycles. The minimum atomic E-state index is -0.0714. The first-order valence-corrected chi connectivity index (χ1v) is 14.0. The third-order valence-corrected chi connectivity index (χ3v) is 7.74. The van der Waals surface area contributed by atoms with Gasteiger partial charge in [0.15, 0.2) is 0 Å². The highest BCUT2D eigenvalue weighted by Crippen LogP contribution is 2.32. The van der Waals surface area contributed by atoms with Gasteiger partial charge in [0.05, 0.1) is 0 Å². The van der Waals surface area contributed by atoms with Crippen LogP contribution in [0.4, 0.5) is 0 Å². The molecule has 0 fully saturated rings. The molecule has 0 radical (unpaired) electrons. The van der Waals surface area contributed by atoms with Gasteiger partial charge in [-0.2, -0.15) is 0 Å². The lowest BCUT2D eigenvalue weighted by atomic mass is 9.86. The van der Waals surface area contributed by atoms with Crippen molar-refractivity contribution < 1.29 is 9.53 Å². The molecule has 0 bridgehead atoms. The van der Waals surface area contributed by atoms with Gasteiger partial charge >= 0.3 is 5.97 Å². The molecule has 1 heterocycles. The van der Waals surface area contributed by atoms with E-state index < -0.39 is 0 Å². The lowest BCUT2D eigenvalue weighted by Gasteiger charge is -2.35. The van der Waals surface area contributed by atoms with Gasteiger partial charge in [0.25, 0.3) is 0 Å². The van der Waals surface area contributed by atoms with Crippen LogP contribution in [0.5, 0.6) is 5.75 Å². The number of thiophene rings is 1. The Hall–Kier alpha value is -1.65. The van der Waals surface area contributed by atoms with E-state index in [0.717, 1.165) is 63.3 Å². The number of rotatable bonds is 14. The van der Waals surface area contributed by atoms with Crippen LogP contribution in [0.3, 0.4) is 0 Å². The Morgan fingerprint density at radius 3 is 2.73 bits per heavy atom. The number of nitrogens with zero attached hydrogens (tertiary/aromatic N) is 1. The summed E-state index contributed by atoms with van der Waals surface area (Å²) in [6.45, 7) is 9.09. The van der Waals surface area contributed by atoms with Crippen LogP contribution < -0.4 is 4.74 Å². The fourth-order valence-corrected chi connectivity index (χ4v) is 5.68. The van der Waals surface area contributed by atoms with Gasteiger partial charge in [0.2, 0.25) is 0 Å². The molecule has 0 spiro atoms. The summed E-state index contributed by atoms with van der Waals surface area (Å²) < 4.78 is 5.85. The van der Waals surface area contributed by atoms with Crippen molar-refractivity contribution in [2.45, 2.75) is 97.4 Å². The molecule has 0 saturated heterocycles. The summed E-state index contributed by atoms with van der Waals surface area (Å²) in [5, 5.41) is 2.17. The minimum Gasteiger partial charge on any atom is -0.426 e. The van der Waals surface area contributed by atoms with Crippen LogP contribution >= 0.6 is 11.3 Å².